The van der Waals surface area contributed by atoms with E-state index in [0.717, 1.165) is 29.1 Å². The minimum absolute atomic E-state index is 0.0708. The summed E-state index contributed by atoms with van der Waals surface area (Å²) in [6, 6.07) is 7.86. The number of nitrogens with one attached hydrogen (secondary N) is 1. The molecule has 1 aromatic carbocycles. The number of benzene rings is 1. The number of rotatable bonds is 1. The molecule has 0 aliphatic carbocycles. The molecule has 0 radical (unpaired) electrons. The number of H-pyrrole nitrogens is 1. The van der Waals surface area contributed by atoms with Crippen LogP contribution in [0.15, 0.2) is 30.6 Å². The van der Waals surface area contributed by atoms with Gasteiger partial charge in [-0.3, -0.25) is 4.79 Å². The number of hydrogen-bond donors (Lipinski definition) is 1. The van der Waals surface area contributed by atoms with E-state index in [1.807, 2.05) is 29.2 Å². The molecule has 0 spiro atoms. The first-order chi connectivity index (χ1) is 9.81. The minimum Gasteiger partial charge on any atom is -0.480 e. The first kappa shape index (κ1) is 11.5. The van der Waals surface area contributed by atoms with Crippen LogP contribution in [0.4, 0.5) is 0 Å². The fourth-order valence-electron chi connectivity index (χ4n) is 2.92. The zero-order chi connectivity index (χ0) is 13.5. The van der Waals surface area contributed by atoms with Gasteiger partial charge in [0.05, 0.1) is 24.3 Å². The maximum absolute atomic E-state index is 12.6. The lowest BCUT2D eigenvalue weighted by Gasteiger charge is -2.28. The van der Waals surface area contributed by atoms with Crippen LogP contribution in [-0.4, -0.2) is 33.4 Å². The summed E-state index contributed by atoms with van der Waals surface area (Å²) in [5.74, 6) is 0.909. The third-order valence-electron chi connectivity index (χ3n) is 4.01. The third-order valence-corrected chi connectivity index (χ3v) is 4.01. The van der Waals surface area contributed by atoms with Gasteiger partial charge >= 0.3 is 0 Å². The standard InChI is InChI=1S/C15H15N3O2/c19-15(14-7-10-3-1-2-4-13(10)20-14)18-6-5-11-12(8-18)17-9-16-11/h1-4,9,14H,5-8H2,(H,16,17)/t14-/m0/s1. The van der Waals surface area contributed by atoms with Gasteiger partial charge in [-0.1, -0.05) is 18.2 Å². The number of ether oxygens (including phenoxy) is 1. The van der Waals surface area contributed by atoms with Crippen molar-refractivity contribution < 1.29 is 9.53 Å². The molecule has 5 nitrogen and oxygen atoms in total. The molecule has 2 aromatic rings. The zero-order valence-corrected chi connectivity index (χ0v) is 11.0. The molecule has 102 valence electrons. The number of carbonyl (C=O) groups excluding carboxylic acids is 1. The molecule has 4 rings (SSSR count). The van der Waals surface area contributed by atoms with Gasteiger partial charge in [0.1, 0.15) is 5.75 Å². The van der Waals surface area contributed by atoms with Crippen LogP contribution >= 0.6 is 0 Å². The maximum Gasteiger partial charge on any atom is 0.264 e. The van der Waals surface area contributed by atoms with Gasteiger partial charge in [-0.15, -0.1) is 0 Å². The molecule has 0 bridgehead atoms. The Morgan fingerprint density at radius 1 is 1.40 bits per heavy atom. The molecule has 3 heterocycles. The van der Waals surface area contributed by atoms with Crippen LogP contribution in [0, 0.1) is 0 Å². The SMILES string of the molecule is O=C([C@@H]1Cc2ccccc2O1)N1CCc2nc[nH]c2C1. The molecule has 1 amide bonds. The average Bonchev–Trinajstić information content (AvgIpc) is 3.11. The van der Waals surface area contributed by atoms with E-state index in [1.165, 1.54) is 0 Å². The summed E-state index contributed by atoms with van der Waals surface area (Å²) in [5, 5.41) is 0. The zero-order valence-electron chi connectivity index (χ0n) is 11.0. The molecule has 1 aromatic heterocycles. The Labute approximate surface area is 116 Å². The van der Waals surface area contributed by atoms with Crippen molar-refractivity contribution in [3.63, 3.8) is 0 Å². The van der Waals surface area contributed by atoms with Gasteiger partial charge in [0.2, 0.25) is 0 Å². The second-order valence-electron chi connectivity index (χ2n) is 5.26. The number of fused-ring (bicyclic) bond motifs is 2. The number of aromatic amines is 1. The Balaban J connectivity index is 1.50. The van der Waals surface area contributed by atoms with Crippen LogP contribution in [0.25, 0.3) is 0 Å². The summed E-state index contributed by atoms with van der Waals surface area (Å²) in [6.07, 6.45) is 2.79. The number of nitrogens with zero attached hydrogens (tertiary/aromatic N) is 2. The molecule has 2 aliphatic rings. The van der Waals surface area contributed by atoms with Crippen LogP contribution in [0.1, 0.15) is 17.0 Å². The van der Waals surface area contributed by atoms with Gasteiger partial charge in [0.25, 0.3) is 5.91 Å². The second-order valence-corrected chi connectivity index (χ2v) is 5.26. The summed E-state index contributed by atoms with van der Waals surface area (Å²) in [4.78, 5) is 21.8. The highest BCUT2D eigenvalue weighted by atomic mass is 16.5. The largest absolute Gasteiger partial charge is 0.480 e. The second kappa shape index (κ2) is 4.37. The quantitative estimate of drug-likeness (QED) is 0.849. The predicted molar refractivity (Wildman–Crippen MR) is 72.3 cm³/mol. The minimum atomic E-state index is -0.378. The van der Waals surface area contributed by atoms with E-state index in [2.05, 4.69) is 9.97 Å². The Bertz CT molecular complexity index is 636. The van der Waals surface area contributed by atoms with E-state index in [9.17, 15) is 4.79 Å². The van der Waals surface area contributed by atoms with Gasteiger partial charge in [-0.2, -0.15) is 0 Å². The molecule has 20 heavy (non-hydrogen) atoms. The Kier molecular flexibility index (Phi) is 2.52. The molecule has 0 saturated heterocycles. The third kappa shape index (κ3) is 1.78. The highest BCUT2D eigenvalue weighted by Crippen LogP contribution is 2.29. The highest BCUT2D eigenvalue weighted by molar-refractivity contribution is 5.82. The Morgan fingerprint density at radius 2 is 2.30 bits per heavy atom. The van der Waals surface area contributed by atoms with Gasteiger partial charge < -0.3 is 14.6 Å². The number of aromatic nitrogens is 2. The van der Waals surface area contributed by atoms with Gasteiger partial charge in [0, 0.05) is 19.4 Å². The number of carbonyl (C=O) groups is 1. The van der Waals surface area contributed by atoms with E-state index < -0.39 is 0 Å². The monoisotopic (exact) mass is 269 g/mol. The topological polar surface area (TPSA) is 58.2 Å². The highest BCUT2D eigenvalue weighted by Gasteiger charge is 2.33. The molecule has 2 aliphatic heterocycles. The number of imidazole rings is 1. The number of para-hydroxylation sites is 1. The average molecular weight is 269 g/mol. The summed E-state index contributed by atoms with van der Waals surface area (Å²) < 4.78 is 5.77. The van der Waals surface area contributed by atoms with E-state index in [1.54, 1.807) is 6.33 Å². The van der Waals surface area contributed by atoms with Crippen molar-refractivity contribution in [3.05, 3.63) is 47.5 Å². The molecule has 5 heteroatoms. The van der Waals surface area contributed by atoms with E-state index in [4.69, 9.17) is 4.74 Å². The fourth-order valence-corrected chi connectivity index (χ4v) is 2.92. The number of amides is 1. The maximum atomic E-state index is 12.6. The molecule has 0 unspecified atom stereocenters. The Hall–Kier alpha value is -2.30. The lowest BCUT2D eigenvalue weighted by Crippen LogP contribution is -2.43. The lowest BCUT2D eigenvalue weighted by atomic mass is 10.1. The van der Waals surface area contributed by atoms with Crippen molar-refractivity contribution in [3.8, 4) is 5.75 Å². The van der Waals surface area contributed by atoms with Gasteiger partial charge in [0.15, 0.2) is 6.10 Å². The van der Waals surface area contributed by atoms with Crippen molar-refractivity contribution in [1.82, 2.24) is 14.9 Å². The van der Waals surface area contributed by atoms with E-state index in [0.29, 0.717) is 19.5 Å². The van der Waals surface area contributed by atoms with Crippen LogP contribution < -0.4 is 4.74 Å². The Morgan fingerprint density at radius 3 is 3.20 bits per heavy atom. The van der Waals surface area contributed by atoms with Gasteiger partial charge in [-0.05, 0) is 11.6 Å². The first-order valence-corrected chi connectivity index (χ1v) is 6.86. The lowest BCUT2D eigenvalue weighted by molar-refractivity contribution is -0.138. The van der Waals surface area contributed by atoms with Crippen LogP contribution in [-0.2, 0) is 24.2 Å². The predicted octanol–water partition coefficient (Wildman–Crippen LogP) is 1.30. The smallest absolute Gasteiger partial charge is 0.264 e. The molecule has 0 saturated carbocycles. The molecular weight excluding hydrogens is 254 g/mol. The van der Waals surface area contributed by atoms with Crippen LogP contribution in [0.5, 0.6) is 5.75 Å². The molecule has 1 atom stereocenters. The van der Waals surface area contributed by atoms with Gasteiger partial charge in [-0.25, -0.2) is 4.98 Å². The first-order valence-electron chi connectivity index (χ1n) is 6.86. The molecule has 0 fully saturated rings. The fraction of sp³-hybridized carbons (Fsp3) is 0.333. The number of hydrogen-bond acceptors (Lipinski definition) is 3. The van der Waals surface area contributed by atoms with E-state index >= 15 is 0 Å². The molecule has 1 N–H and O–H groups in total. The summed E-state index contributed by atoms with van der Waals surface area (Å²) in [5.41, 5.74) is 3.23. The summed E-state index contributed by atoms with van der Waals surface area (Å²) >= 11 is 0. The van der Waals surface area contributed by atoms with Crippen molar-refractivity contribution >= 4 is 5.91 Å². The van der Waals surface area contributed by atoms with E-state index in [-0.39, 0.29) is 12.0 Å². The summed E-state index contributed by atoms with van der Waals surface area (Å²) in [7, 11) is 0. The van der Waals surface area contributed by atoms with Crippen molar-refractivity contribution in [1.29, 1.82) is 0 Å². The van der Waals surface area contributed by atoms with Crippen molar-refractivity contribution in [2.45, 2.75) is 25.5 Å². The van der Waals surface area contributed by atoms with Crippen molar-refractivity contribution in [2.75, 3.05) is 6.54 Å². The summed E-state index contributed by atoms with van der Waals surface area (Å²) in [6.45, 7) is 1.32. The normalized spacial score (nSPS) is 20.2. The van der Waals surface area contributed by atoms with Crippen molar-refractivity contribution in [2.24, 2.45) is 0 Å². The molecular formula is C15H15N3O2. The van der Waals surface area contributed by atoms with Crippen LogP contribution in [0.2, 0.25) is 0 Å². The van der Waals surface area contributed by atoms with Crippen LogP contribution in [0.3, 0.4) is 0 Å².